The average Bonchev–Trinajstić information content (AvgIpc) is 2.76. The summed E-state index contributed by atoms with van der Waals surface area (Å²) >= 11 is 6.82. The Morgan fingerprint density at radius 3 is 1.94 bits per heavy atom. The van der Waals surface area contributed by atoms with Gasteiger partial charge in [0.25, 0.3) is 0 Å². The van der Waals surface area contributed by atoms with Crippen molar-refractivity contribution in [2.75, 3.05) is 21.3 Å². The molecule has 10 heteroatoms. The molecule has 0 saturated heterocycles. The van der Waals surface area contributed by atoms with E-state index < -0.39 is 12.1 Å². The van der Waals surface area contributed by atoms with Crippen LogP contribution in [0.5, 0.6) is 0 Å². The molecule has 0 aliphatic carbocycles. The Morgan fingerprint density at radius 1 is 0.719 bits per heavy atom. The van der Waals surface area contributed by atoms with E-state index in [2.05, 4.69) is 66.1 Å². The molecular formula is C22H18B2Br2N4O2. The summed E-state index contributed by atoms with van der Waals surface area (Å²) in [5.74, 6) is 0. The van der Waals surface area contributed by atoms with Crippen molar-refractivity contribution in [1.29, 1.82) is 0 Å². The number of carbonyl (C=O) groups is 2. The molecule has 6 nitrogen and oxygen atoms in total. The van der Waals surface area contributed by atoms with Gasteiger partial charge < -0.3 is 0 Å². The first-order chi connectivity index (χ1) is 15.4. The summed E-state index contributed by atoms with van der Waals surface area (Å²) in [5, 5.41) is 11.1. The van der Waals surface area contributed by atoms with Crippen LogP contribution in [0.15, 0.2) is 69.6 Å². The zero-order chi connectivity index (χ0) is 23.1. The van der Waals surface area contributed by atoms with E-state index in [1.165, 1.54) is 0 Å². The molecule has 0 heterocycles. The summed E-state index contributed by atoms with van der Waals surface area (Å²) in [7, 11) is 0. The molecule has 0 aromatic heterocycles. The third-order valence-corrected chi connectivity index (χ3v) is 5.49. The monoisotopic (exact) mass is 550 g/mol. The van der Waals surface area contributed by atoms with Crippen LogP contribution < -0.4 is 32.2 Å². The molecule has 4 amide bonds. The molecule has 0 aliphatic heterocycles. The first kappa shape index (κ1) is 23.7. The van der Waals surface area contributed by atoms with Gasteiger partial charge >= 0.3 is 205 Å². The molecule has 3 rings (SSSR count). The molecule has 4 N–H and O–H groups in total. The predicted molar refractivity (Wildman–Crippen MR) is 145 cm³/mol. The molecular weight excluding hydrogens is 534 g/mol. The van der Waals surface area contributed by atoms with Crippen LogP contribution in [0.3, 0.4) is 0 Å². The van der Waals surface area contributed by atoms with Gasteiger partial charge in [-0.3, -0.25) is 0 Å². The fourth-order valence-corrected chi connectivity index (χ4v) is 3.69. The number of urea groups is 2. The van der Waals surface area contributed by atoms with Crippen molar-refractivity contribution in [1.82, 2.24) is 0 Å². The van der Waals surface area contributed by atoms with Crippen molar-refractivity contribution >= 4 is 104 Å². The molecule has 0 atom stereocenters. The Balaban J connectivity index is 1.62. The molecule has 0 radical (unpaired) electrons. The Bertz CT molecular complexity index is 1200. The summed E-state index contributed by atoms with van der Waals surface area (Å²) in [6.07, 6.45) is 0. The van der Waals surface area contributed by atoms with E-state index in [9.17, 15) is 9.59 Å². The number of benzene rings is 3. The summed E-state index contributed by atoms with van der Waals surface area (Å²) in [5.41, 5.74) is 4.01. The molecule has 3 aromatic carbocycles. The minimum atomic E-state index is -0.414. The first-order valence-electron chi connectivity index (χ1n) is 9.48. The third-order valence-electron chi connectivity index (χ3n) is 4.34. The number of anilines is 4. The van der Waals surface area contributed by atoms with Gasteiger partial charge in [0, 0.05) is 0 Å². The van der Waals surface area contributed by atoms with E-state index in [-0.39, 0.29) is 0 Å². The van der Waals surface area contributed by atoms with Crippen LogP contribution in [0.4, 0.5) is 32.3 Å². The van der Waals surface area contributed by atoms with Crippen LogP contribution in [0.25, 0.3) is 0 Å². The molecule has 0 spiro atoms. The maximum atomic E-state index is 12.4. The van der Waals surface area contributed by atoms with E-state index in [0.717, 1.165) is 19.9 Å². The molecule has 0 unspecified atom stereocenters. The van der Waals surface area contributed by atoms with Gasteiger partial charge in [-0.15, -0.1) is 0 Å². The quantitative estimate of drug-likeness (QED) is 0.349. The Morgan fingerprint density at radius 2 is 1.34 bits per heavy atom. The van der Waals surface area contributed by atoms with Crippen LogP contribution in [0.2, 0.25) is 0 Å². The van der Waals surface area contributed by atoms with Gasteiger partial charge in [0.2, 0.25) is 0 Å². The van der Waals surface area contributed by atoms with Gasteiger partial charge in [-0.1, -0.05) is 0 Å². The number of amides is 4. The van der Waals surface area contributed by atoms with Gasteiger partial charge in [-0.05, 0) is 0 Å². The van der Waals surface area contributed by atoms with Crippen LogP contribution in [-0.4, -0.2) is 38.8 Å². The van der Waals surface area contributed by atoms with Crippen molar-refractivity contribution in [2.24, 2.45) is 0 Å². The number of hydrogen-bond acceptors (Lipinski definition) is 2. The zero-order valence-corrected chi connectivity index (χ0v) is 20.1. The number of hydrogen-bond donors (Lipinski definition) is 4. The summed E-state index contributed by atoms with van der Waals surface area (Å²) in [4.78, 5) is 24.8. The van der Waals surface area contributed by atoms with E-state index in [1.807, 2.05) is 24.3 Å². The molecule has 3 aromatic rings. The van der Waals surface area contributed by atoms with Gasteiger partial charge in [-0.2, -0.15) is 0 Å². The number of nitrogens with one attached hydrogen (secondary N) is 4. The second-order valence-corrected chi connectivity index (χ2v) is 8.39. The van der Waals surface area contributed by atoms with Crippen molar-refractivity contribution in [3.05, 3.63) is 69.6 Å². The van der Waals surface area contributed by atoms with Crippen LogP contribution in [0, 0.1) is 0 Å². The number of rotatable bonds is 6. The maximum absolute atomic E-state index is 12.4. The topological polar surface area (TPSA) is 82.3 Å². The summed E-state index contributed by atoms with van der Waals surface area (Å²) in [6, 6.07) is 17.0. The minimum absolute atomic E-state index is 0.413. The molecule has 158 valence electrons. The fraction of sp³-hybridized carbons (Fsp3) is 0. The third kappa shape index (κ3) is 6.51. The van der Waals surface area contributed by atoms with Crippen molar-refractivity contribution in [3.8, 4) is 0 Å². The Hall–Kier alpha value is -2.97. The zero-order valence-electron chi connectivity index (χ0n) is 16.9. The number of carbonyl (C=O) groups excluding carboxylic acids is 2. The molecule has 0 fully saturated rings. The Labute approximate surface area is 204 Å². The van der Waals surface area contributed by atoms with Crippen molar-refractivity contribution in [2.45, 2.75) is 0 Å². The van der Waals surface area contributed by atoms with Gasteiger partial charge in [-0.25, -0.2) is 0 Å². The summed E-state index contributed by atoms with van der Waals surface area (Å²) in [6.45, 7) is 10.9. The molecule has 0 bridgehead atoms. The van der Waals surface area contributed by atoms with E-state index >= 15 is 0 Å². The average molecular weight is 552 g/mol. The fourth-order valence-electron chi connectivity index (χ4n) is 2.82. The van der Waals surface area contributed by atoms with Crippen molar-refractivity contribution < 1.29 is 9.59 Å². The predicted octanol–water partition coefficient (Wildman–Crippen LogP) is 4.02. The molecule has 0 saturated carbocycles. The second-order valence-electron chi connectivity index (χ2n) is 6.62. The second kappa shape index (κ2) is 11.1. The number of halogens is 2. The SMILES string of the molecule is C=Bc1ccc(NC(=O)Nc2cccc(NC(=O)Nc3ccc(Br)cc3B=C)c2)c(Br)c1. The van der Waals surface area contributed by atoms with E-state index in [0.29, 0.717) is 22.7 Å². The first-order valence-corrected chi connectivity index (χ1v) is 11.1. The van der Waals surface area contributed by atoms with E-state index in [4.69, 9.17) is 0 Å². The van der Waals surface area contributed by atoms with Crippen LogP contribution in [0.1, 0.15) is 0 Å². The normalized spacial score (nSPS) is 9.81. The summed E-state index contributed by atoms with van der Waals surface area (Å²) < 4.78 is 1.63. The van der Waals surface area contributed by atoms with Crippen LogP contribution >= 0.6 is 31.9 Å². The molecule has 32 heavy (non-hydrogen) atoms. The van der Waals surface area contributed by atoms with Gasteiger partial charge in [0.15, 0.2) is 0 Å². The van der Waals surface area contributed by atoms with Gasteiger partial charge in [0.05, 0.1) is 0 Å². The Kier molecular flexibility index (Phi) is 8.19. The standard InChI is InChI=1S/C22H18B2Br2N4O2/c1-23-13-6-8-20(18(26)10-13)30-22(32)28-16-5-3-4-15(12-16)27-21(31)29-19-9-7-14(25)11-17(19)24-2/h3-12H,1-2H2,(H2,27,29,31)(H2,28,30,32). The van der Waals surface area contributed by atoms with E-state index in [1.54, 1.807) is 50.2 Å². The van der Waals surface area contributed by atoms with Gasteiger partial charge in [0.1, 0.15) is 0 Å². The van der Waals surface area contributed by atoms with Crippen LogP contribution in [-0.2, 0) is 0 Å². The molecule has 0 aliphatic rings. The van der Waals surface area contributed by atoms with Crippen molar-refractivity contribution in [3.63, 3.8) is 0 Å².